The quantitative estimate of drug-likeness (QED) is 0.478. The van der Waals surface area contributed by atoms with Gasteiger partial charge in [0.15, 0.2) is 0 Å². The van der Waals surface area contributed by atoms with Crippen molar-refractivity contribution in [3.8, 4) is 11.1 Å². The van der Waals surface area contributed by atoms with Gasteiger partial charge in [-0.1, -0.05) is 55.0 Å². The third kappa shape index (κ3) is 5.82. The number of hydrogen-bond donors (Lipinski definition) is 3. The predicted molar refractivity (Wildman–Crippen MR) is 130 cm³/mol. The van der Waals surface area contributed by atoms with E-state index in [4.69, 9.17) is 14.6 Å². The first kappa shape index (κ1) is 24.7. The maximum absolute atomic E-state index is 12.6. The van der Waals surface area contributed by atoms with Crippen LogP contribution in [-0.4, -0.2) is 55.5 Å². The van der Waals surface area contributed by atoms with Crippen LogP contribution >= 0.6 is 0 Å². The Morgan fingerprint density at radius 1 is 1.03 bits per heavy atom. The van der Waals surface area contributed by atoms with Gasteiger partial charge in [0.05, 0.1) is 6.42 Å². The fourth-order valence-corrected chi connectivity index (χ4v) is 5.28. The Morgan fingerprint density at radius 2 is 1.69 bits per heavy atom. The fourth-order valence-electron chi connectivity index (χ4n) is 5.28. The van der Waals surface area contributed by atoms with Gasteiger partial charge in [-0.3, -0.25) is 9.59 Å². The van der Waals surface area contributed by atoms with Crippen LogP contribution in [0, 0.1) is 5.92 Å². The molecule has 0 heterocycles. The Balaban J connectivity index is 1.24. The van der Waals surface area contributed by atoms with Crippen LogP contribution in [-0.2, 0) is 19.1 Å². The molecular formula is C27H32N2O6. The van der Waals surface area contributed by atoms with E-state index in [-0.39, 0.29) is 49.8 Å². The van der Waals surface area contributed by atoms with Crippen molar-refractivity contribution in [2.45, 2.75) is 50.2 Å². The molecule has 0 aromatic heterocycles. The van der Waals surface area contributed by atoms with Crippen molar-refractivity contribution < 1.29 is 29.0 Å². The van der Waals surface area contributed by atoms with Crippen LogP contribution in [0.5, 0.6) is 0 Å². The molecule has 2 aliphatic carbocycles. The number of amides is 2. The maximum atomic E-state index is 12.6. The molecule has 2 aromatic carbocycles. The minimum Gasteiger partial charge on any atom is -0.481 e. The topological polar surface area (TPSA) is 114 Å². The van der Waals surface area contributed by atoms with Gasteiger partial charge in [0, 0.05) is 32.0 Å². The van der Waals surface area contributed by atoms with E-state index < -0.39 is 18.2 Å². The largest absolute Gasteiger partial charge is 0.481 e. The zero-order valence-corrected chi connectivity index (χ0v) is 19.9. The van der Waals surface area contributed by atoms with Gasteiger partial charge in [0.25, 0.3) is 0 Å². The Labute approximate surface area is 205 Å². The lowest BCUT2D eigenvalue weighted by molar-refractivity contribution is -0.139. The summed E-state index contributed by atoms with van der Waals surface area (Å²) >= 11 is 0. The van der Waals surface area contributed by atoms with E-state index in [0.717, 1.165) is 30.4 Å². The number of carboxylic acids is 1. The fraction of sp³-hybridized carbons (Fsp3) is 0.444. The highest BCUT2D eigenvalue weighted by Crippen LogP contribution is 2.44. The van der Waals surface area contributed by atoms with Gasteiger partial charge in [-0.2, -0.15) is 0 Å². The van der Waals surface area contributed by atoms with E-state index in [1.165, 1.54) is 18.2 Å². The number of aliphatic carboxylic acids is 1. The molecule has 1 fully saturated rings. The molecular weight excluding hydrogens is 448 g/mol. The lowest BCUT2D eigenvalue weighted by Gasteiger charge is -2.23. The summed E-state index contributed by atoms with van der Waals surface area (Å²) < 4.78 is 10.8. The van der Waals surface area contributed by atoms with Crippen LogP contribution in [0.3, 0.4) is 0 Å². The summed E-state index contributed by atoms with van der Waals surface area (Å²) in [5, 5.41) is 14.7. The number of methoxy groups -OCH3 is 1. The number of ether oxygens (including phenoxy) is 2. The molecule has 3 unspecified atom stereocenters. The summed E-state index contributed by atoms with van der Waals surface area (Å²) in [6.45, 7) is 0.437. The summed E-state index contributed by atoms with van der Waals surface area (Å²) in [5.74, 6) is -1.22. The van der Waals surface area contributed by atoms with Crippen LogP contribution < -0.4 is 10.6 Å². The Morgan fingerprint density at radius 3 is 2.31 bits per heavy atom. The third-order valence-electron chi connectivity index (χ3n) is 7.02. The maximum Gasteiger partial charge on any atom is 0.407 e. The number of benzene rings is 2. The van der Waals surface area contributed by atoms with Crippen LogP contribution in [0.15, 0.2) is 48.5 Å². The van der Waals surface area contributed by atoms with E-state index in [0.29, 0.717) is 0 Å². The predicted octanol–water partition coefficient (Wildman–Crippen LogP) is 3.69. The summed E-state index contributed by atoms with van der Waals surface area (Å²) in [6, 6.07) is 16.1. The van der Waals surface area contributed by atoms with Gasteiger partial charge >= 0.3 is 12.1 Å². The van der Waals surface area contributed by atoms with Crippen molar-refractivity contribution >= 4 is 18.0 Å². The van der Waals surface area contributed by atoms with Gasteiger partial charge in [-0.05, 0) is 41.0 Å². The Kier molecular flexibility index (Phi) is 8.02. The van der Waals surface area contributed by atoms with Gasteiger partial charge < -0.3 is 25.2 Å². The number of nitrogens with one attached hydrogen (secondary N) is 2. The highest BCUT2D eigenvalue weighted by molar-refractivity contribution is 5.81. The second-order valence-corrected chi connectivity index (χ2v) is 9.17. The summed E-state index contributed by atoms with van der Waals surface area (Å²) in [4.78, 5) is 36.1. The van der Waals surface area contributed by atoms with Gasteiger partial charge in [0.2, 0.25) is 5.91 Å². The van der Waals surface area contributed by atoms with Gasteiger partial charge in [0.1, 0.15) is 12.7 Å². The number of carbonyl (C=O) groups excluding carboxylic acids is 2. The van der Waals surface area contributed by atoms with Crippen molar-refractivity contribution in [1.29, 1.82) is 0 Å². The molecule has 1 saturated carbocycles. The minimum atomic E-state index is -0.855. The van der Waals surface area contributed by atoms with Crippen LogP contribution in [0.1, 0.15) is 49.1 Å². The van der Waals surface area contributed by atoms with E-state index in [9.17, 15) is 14.4 Å². The van der Waals surface area contributed by atoms with Crippen molar-refractivity contribution in [1.82, 2.24) is 10.6 Å². The molecule has 2 aliphatic rings. The summed E-state index contributed by atoms with van der Waals surface area (Å²) in [6.07, 6.45) is 1.49. The Bertz CT molecular complexity index is 1030. The van der Waals surface area contributed by atoms with Crippen molar-refractivity contribution in [3.63, 3.8) is 0 Å². The third-order valence-corrected chi connectivity index (χ3v) is 7.02. The van der Waals surface area contributed by atoms with Crippen molar-refractivity contribution in [3.05, 3.63) is 59.7 Å². The molecule has 0 spiro atoms. The van der Waals surface area contributed by atoms with Crippen LogP contribution in [0.2, 0.25) is 0 Å². The molecule has 2 amide bonds. The first-order chi connectivity index (χ1) is 17.0. The first-order valence-corrected chi connectivity index (χ1v) is 12.1. The molecule has 0 bridgehead atoms. The molecule has 3 N–H and O–H groups in total. The molecule has 0 saturated heterocycles. The lowest BCUT2D eigenvalue weighted by atomic mass is 9.98. The standard InChI is InChI=1S/C27H32N2O6/c1-34-24(26(32)29-23-12-6-7-17(23)15-25(30)31)13-14-28-27(33)35-16-22-20-10-4-2-8-18(20)19-9-3-5-11-21(19)22/h2-5,8-11,17,22-24H,6-7,12-16H2,1H3,(H,28,33)(H,29,32)(H,30,31). The second-order valence-electron chi connectivity index (χ2n) is 9.17. The molecule has 35 heavy (non-hydrogen) atoms. The highest BCUT2D eigenvalue weighted by atomic mass is 16.5. The monoisotopic (exact) mass is 480 g/mol. The SMILES string of the molecule is COC(CCNC(=O)OCC1c2ccccc2-c2ccccc21)C(=O)NC1CCCC1CC(=O)O. The molecule has 4 rings (SSSR count). The molecule has 186 valence electrons. The minimum absolute atomic E-state index is 0.0178. The molecule has 8 nitrogen and oxygen atoms in total. The zero-order chi connectivity index (χ0) is 24.8. The summed E-state index contributed by atoms with van der Waals surface area (Å²) in [7, 11) is 1.45. The lowest BCUT2D eigenvalue weighted by Crippen LogP contribution is -2.45. The van der Waals surface area contributed by atoms with Crippen molar-refractivity contribution in [2.24, 2.45) is 5.92 Å². The van der Waals surface area contributed by atoms with Crippen molar-refractivity contribution in [2.75, 3.05) is 20.3 Å². The number of rotatable bonds is 10. The summed E-state index contributed by atoms with van der Waals surface area (Å²) in [5.41, 5.74) is 4.62. The number of carboxylic acid groups (broad SMARTS) is 1. The van der Waals surface area contributed by atoms with Gasteiger partial charge in [-0.15, -0.1) is 0 Å². The average Bonchev–Trinajstić information content (AvgIpc) is 3.41. The first-order valence-electron chi connectivity index (χ1n) is 12.1. The molecule has 2 aromatic rings. The van der Waals surface area contributed by atoms with Crippen LogP contribution in [0.4, 0.5) is 4.79 Å². The normalized spacial score (nSPS) is 19.5. The van der Waals surface area contributed by atoms with E-state index in [1.54, 1.807) is 0 Å². The molecule has 8 heteroatoms. The van der Waals surface area contributed by atoms with E-state index >= 15 is 0 Å². The zero-order valence-electron chi connectivity index (χ0n) is 19.9. The average molecular weight is 481 g/mol. The molecule has 3 atom stereocenters. The van der Waals surface area contributed by atoms with Crippen LogP contribution in [0.25, 0.3) is 11.1 Å². The second kappa shape index (κ2) is 11.4. The number of carbonyl (C=O) groups is 3. The smallest absolute Gasteiger partial charge is 0.407 e. The number of hydrogen-bond acceptors (Lipinski definition) is 5. The van der Waals surface area contributed by atoms with E-state index in [2.05, 4.69) is 34.9 Å². The highest BCUT2D eigenvalue weighted by Gasteiger charge is 2.32. The van der Waals surface area contributed by atoms with Gasteiger partial charge in [-0.25, -0.2) is 4.79 Å². The molecule has 0 radical (unpaired) electrons. The van der Waals surface area contributed by atoms with E-state index in [1.807, 2.05) is 24.3 Å². The number of alkyl carbamates (subject to hydrolysis) is 1. The Hall–Kier alpha value is -3.39. The number of fused-ring (bicyclic) bond motifs is 3. The molecule has 0 aliphatic heterocycles.